The van der Waals surface area contributed by atoms with Gasteiger partial charge in [0.25, 0.3) is 0 Å². The summed E-state index contributed by atoms with van der Waals surface area (Å²) in [6.07, 6.45) is 98.7. The van der Waals surface area contributed by atoms with Crippen molar-refractivity contribution in [1.29, 1.82) is 0 Å². The lowest BCUT2D eigenvalue weighted by Gasteiger charge is -2.24. The maximum atomic E-state index is 12.9. The van der Waals surface area contributed by atoms with Crippen LogP contribution in [0, 0.1) is 0 Å². The first kappa shape index (κ1) is 81.4. The topological polar surface area (TPSA) is 108 Å². The molecule has 0 bridgehead atoms. The molecule has 0 aromatic carbocycles. The average Bonchev–Trinajstić information content (AvgIpc) is 3.56. The number of unbranched alkanes of at least 4 members (excludes halogenated alkanes) is 18. The van der Waals surface area contributed by atoms with Crippen LogP contribution in [0.1, 0.15) is 245 Å². The van der Waals surface area contributed by atoms with Crippen LogP contribution in [0.2, 0.25) is 0 Å². The van der Waals surface area contributed by atoms with Gasteiger partial charge in [-0.1, -0.05) is 274 Å². The molecule has 0 fully saturated rings. The molecule has 0 amide bonds. The van der Waals surface area contributed by atoms with Gasteiger partial charge in [-0.05, 0) is 128 Å². The molecule has 2 unspecified atom stereocenters. The number of nitrogens with zero attached hydrogens (tertiary/aromatic N) is 1. The summed E-state index contributed by atoms with van der Waals surface area (Å²) in [5, 5.41) is 0. The molecular formula is C76H125NO8P+. The Hall–Kier alpha value is -4.63. The highest BCUT2D eigenvalue weighted by Gasteiger charge is 2.27. The van der Waals surface area contributed by atoms with Gasteiger partial charge in [-0.25, -0.2) is 4.57 Å². The number of esters is 2. The van der Waals surface area contributed by atoms with E-state index in [1.54, 1.807) is 0 Å². The summed E-state index contributed by atoms with van der Waals surface area (Å²) in [5.74, 6) is -0.836. The van der Waals surface area contributed by atoms with Crippen LogP contribution in [0.4, 0.5) is 0 Å². The summed E-state index contributed by atoms with van der Waals surface area (Å²) in [6.45, 7) is 4.16. The van der Waals surface area contributed by atoms with Crippen LogP contribution in [0.3, 0.4) is 0 Å². The summed E-state index contributed by atoms with van der Waals surface area (Å²) in [7, 11) is 1.44. The summed E-state index contributed by atoms with van der Waals surface area (Å²) < 4.78 is 34.6. The molecule has 0 radical (unpaired) electrons. The lowest BCUT2D eigenvalue weighted by Crippen LogP contribution is -2.37. The molecule has 0 spiro atoms. The standard InChI is InChI=1S/C76H124NO8P/c1-6-8-10-12-14-16-18-20-22-24-26-28-30-31-32-33-34-35-36-37-38-39-40-41-42-43-44-45-47-49-51-53-55-57-59-61-63-65-67-69-76(79)85-74(73-84-86(80,81)83-71-70-77(3,4)5)72-82-75(78)68-66-64-62-60-58-56-54-52-50-48-46-29-27-25-23-21-19-17-15-13-11-9-7-2/h8-11,14-17,20-23,26-29,31-32,34-35,37-38,40-41,48,50,54,56,74H,6-7,12-13,18-19,24-25,30,33,36,39,42-47,49,51-53,55,57-73H2,1-5H3/p+1/b10-8-,11-9-,16-14-,17-15-,22-20-,23-21-,28-26-,29-27-,32-31-,35-34-,38-37-,41-40-,50-48-,56-54-. The van der Waals surface area contributed by atoms with Crippen molar-refractivity contribution in [3.8, 4) is 0 Å². The van der Waals surface area contributed by atoms with E-state index >= 15 is 0 Å². The highest BCUT2D eigenvalue weighted by atomic mass is 31.2. The molecule has 0 aromatic rings. The van der Waals surface area contributed by atoms with Crippen molar-refractivity contribution in [2.45, 2.75) is 251 Å². The Morgan fingerprint density at radius 1 is 0.360 bits per heavy atom. The van der Waals surface area contributed by atoms with Gasteiger partial charge in [-0.2, -0.15) is 0 Å². The van der Waals surface area contributed by atoms with Gasteiger partial charge in [0.2, 0.25) is 0 Å². The number of carbonyl (C=O) groups excluding carboxylic acids is 2. The maximum Gasteiger partial charge on any atom is 0.472 e. The number of phosphoric ester groups is 1. The summed E-state index contributed by atoms with van der Waals surface area (Å²) in [5.41, 5.74) is 0. The largest absolute Gasteiger partial charge is 0.472 e. The van der Waals surface area contributed by atoms with Crippen LogP contribution in [-0.2, 0) is 32.7 Å². The van der Waals surface area contributed by atoms with Crippen LogP contribution in [0.5, 0.6) is 0 Å². The Morgan fingerprint density at radius 2 is 0.628 bits per heavy atom. The Labute approximate surface area is 528 Å². The second-order valence-electron chi connectivity index (χ2n) is 23.1. The second kappa shape index (κ2) is 64.8. The molecule has 486 valence electrons. The van der Waals surface area contributed by atoms with Crippen molar-refractivity contribution in [3.05, 3.63) is 170 Å². The van der Waals surface area contributed by atoms with Gasteiger partial charge in [0.1, 0.15) is 19.8 Å². The van der Waals surface area contributed by atoms with Crippen LogP contribution in [-0.4, -0.2) is 74.9 Å². The van der Waals surface area contributed by atoms with Crippen LogP contribution < -0.4 is 0 Å². The molecule has 0 aliphatic carbocycles. The minimum atomic E-state index is -4.41. The minimum absolute atomic E-state index is 0.0188. The van der Waals surface area contributed by atoms with Crippen molar-refractivity contribution in [2.75, 3.05) is 47.5 Å². The molecule has 10 heteroatoms. The Kier molecular flexibility index (Phi) is 61.3. The number of ether oxygens (including phenoxy) is 2. The van der Waals surface area contributed by atoms with Gasteiger partial charge >= 0.3 is 19.8 Å². The summed E-state index contributed by atoms with van der Waals surface area (Å²) >= 11 is 0. The number of hydrogen-bond donors (Lipinski definition) is 1. The Balaban J connectivity index is 4.12. The SMILES string of the molecule is CC/C=C\C/C=C\C/C=C\C/C=C\C/C=C\C/C=C\C/C=C\C/C=C\CCCCCCCCCCCCCCCCC(=O)OC(COC(=O)CCCCCC/C=C\C/C=C\C/C=C\C/C=C\C/C=C\C/C=C\CC)COP(=O)(O)OCC[N+](C)(C)C. The quantitative estimate of drug-likeness (QED) is 0.0211. The molecule has 0 aliphatic heterocycles. The van der Waals surface area contributed by atoms with E-state index in [4.69, 9.17) is 18.5 Å². The molecule has 0 rings (SSSR count). The molecular weight excluding hydrogens is 1090 g/mol. The first-order valence-electron chi connectivity index (χ1n) is 33.9. The second-order valence-corrected chi connectivity index (χ2v) is 24.5. The minimum Gasteiger partial charge on any atom is -0.462 e. The number of quaternary nitrogens is 1. The van der Waals surface area contributed by atoms with E-state index in [0.29, 0.717) is 23.9 Å². The van der Waals surface area contributed by atoms with Crippen molar-refractivity contribution in [2.24, 2.45) is 0 Å². The number of allylic oxidation sites excluding steroid dienone is 28. The predicted octanol–water partition coefficient (Wildman–Crippen LogP) is 22.2. The van der Waals surface area contributed by atoms with Crippen molar-refractivity contribution < 1.29 is 42.1 Å². The molecule has 0 heterocycles. The zero-order valence-corrected chi connectivity index (χ0v) is 56.1. The Morgan fingerprint density at radius 3 is 0.930 bits per heavy atom. The fraction of sp³-hybridized carbons (Fsp3) is 0.605. The van der Waals surface area contributed by atoms with Gasteiger partial charge in [0.15, 0.2) is 6.10 Å². The highest BCUT2D eigenvalue weighted by molar-refractivity contribution is 7.47. The van der Waals surface area contributed by atoms with Crippen molar-refractivity contribution in [1.82, 2.24) is 0 Å². The molecule has 1 N–H and O–H groups in total. The van der Waals surface area contributed by atoms with Gasteiger partial charge in [0.05, 0.1) is 27.7 Å². The van der Waals surface area contributed by atoms with Crippen LogP contribution in [0.25, 0.3) is 0 Å². The molecule has 86 heavy (non-hydrogen) atoms. The number of rotatable bonds is 60. The van der Waals surface area contributed by atoms with Gasteiger partial charge in [0, 0.05) is 12.8 Å². The number of phosphoric acid groups is 1. The zero-order valence-electron chi connectivity index (χ0n) is 55.2. The lowest BCUT2D eigenvalue weighted by atomic mass is 10.0. The third-order valence-corrected chi connectivity index (χ3v) is 14.7. The molecule has 2 atom stereocenters. The molecule has 9 nitrogen and oxygen atoms in total. The highest BCUT2D eigenvalue weighted by Crippen LogP contribution is 2.43. The van der Waals surface area contributed by atoms with Gasteiger partial charge < -0.3 is 18.9 Å². The lowest BCUT2D eigenvalue weighted by molar-refractivity contribution is -0.870. The Bertz CT molecular complexity index is 2060. The first-order valence-corrected chi connectivity index (χ1v) is 35.4. The van der Waals surface area contributed by atoms with E-state index in [1.165, 1.54) is 70.6 Å². The van der Waals surface area contributed by atoms with Gasteiger partial charge in [-0.3, -0.25) is 18.6 Å². The van der Waals surface area contributed by atoms with Crippen molar-refractivity contribution >= 4 is 19.8 Å². The molecule has 0 saturated heterocycles. The van der Waals surface area contributed by atoms with E-state index in [9.17, 15) is 19.0 Å². The van der Waals surface area contributed by atoms with Crippen LogP contribution in [0.15, 0.2) is 170 Å². The van der Waals surface area contributed by atoms with E-state index in [0.717, 1.165) is 135 Å². The number of carbonyl (C=O) groups is 2. The monoisotopic (exact) mass is 1210 g/mol. The zero-order chi connectivity index (χ0) is 62.6. The van der Waals surface area contributed by atoms with Crippen LogP contribution >= 0.6 is 7.82 Å². The summed E-state index contributed by atoms with van der Waals surface area (Å²) in [6, 6.07) is 0. The van der Waals surface area contributed by atoms with E-state index in [-0.39, 0.29) is 26.1 Å². The number of hydrogen-bond acceptors (Lipinski definition) is 7. The summed E-state index contributed by atoms with van der Waals surface area (Å²) in [4.78, 5) is 35.8. The van der Waals surface area contributed by atoms with E-state index < -0.39 is 32.5 Å². The molecule has 0 aromatic heterocycles. The third kappa shape index (κ3) is 68.5. The predicted molar refractivity (Wildman–Crippen MR) is 371 cm³/mol. The van der Waals surface area contributed by atoms with Crippen molar-refractivity contribution in [3.63, 3.8) is 0 Å². The fourth-order valence-corrected chi connectivity index (χ4v) is 9.36. The van der Waals surface area contributed by atoms with E-state index in [1.807, 2.05) is 21.1 Å². The molecule has 0 saturated carbocycles. The average molecular weight is 1210 g/mol. The third-order valence-electron chi connectivity index (χ3n) is 13.7. The number of likely N-dealkylation sites (N-methyl/N-ethyl adjacent to an activating group) is 1. The van der Waals surface area contributed by atoms with Gasteiger partial charge in [-0.15, -0.1) is 0 Å². The van der Waals surface area contributed by atoms with E-state index in [2.05, 4.69) is 184 Å². The smallest absolute Gasteiger partial charge is 0.462 e. The fourth-order valence-electron chi connectivity index (χ4n) is 8.62. The first-order chi connectivity index (χ1) is 42.0. The normalized spacial score (nSPS) is 14.3. The maximum absolute atomic E-state index is 12.9. The molecule has 0 aliphatic rings.